The van der Waals surface area contributed by atoms with Crippen molar-refractivity contribution < 1.29 is 0 Å². The SMILES string of the molecule is C#CC(CC)Nc1ccc(C#N)cn1. The summed E-state index contributed by atoms with van der Waals surface area (Å²) in [6, 6.07) is 5.46. The van der Waals surface area contributed by atoms with Crippen LogP contribution in [0.2, 0.25) is 0 Å². The molecule has 1 N–H and O–H groups in total. The van der Waals surface area contributed by atoms with Gasteiger partial charge in [0.05, 0.1) is 11.6 Å². The molecule has 1 heterocycles. The van der Waals surface area contributed by atoms with Crippen LogP contribution in [0.25, 0.3) is 0 Å². The van der Waals surface area contributed by atoms with Crippen LogP contribution in [0.15, 0.2) is 18.3 Å². The third-order valence-corrected chi connectivity index (χ3v) is 1.82. The fourth-order valence-electron chi connectivity index (χ4n) is 0.985. The lowest BCUT2D eigenvalue weighted by molar-refractivity contribution is 0.851. The third-order valence-electron chi connectivity index (χ3n) is 1.82. The zero-order valence-electron chi connectivity index (χ0n) is 7.99. The summed E-state index contributed by atoms with van der Waals surface area (Å²) in [5.41, 5.74) is 0.546. The standard InChI is InChI=1S/C11H11N3/c1-3-10(4-2)14-11-6-5-9(7-12)8-13-11/h1,5-6,8,10H,4H2,2H3,(H,13,14). The van der Waals surface area contributed by atoms with Crippen LogP contribution in [0.1, 0.15) is 18.9 Å². The summed E-state index contributed by atoms with van der Waals surface area (Å²) in [4.78, 5) is 4.06. The molecule has 70 valence electrons. The molecule has 0 bridgehead atoms. The molecule has 1 rings (SSSR count). The Kier molecular flexibility index (Phi) is 3.52. The van der Waals surface area contributed by atoms with Crippen molar-refractivity contribution in [2.75, 3.05) is 5.32 Å². The van der Waals surface area contributed by atoms with E-state index in [9.17, 15) is 0 Å². The lowest BCUT2D eigenvalue weighted by Crippen LogP contribution is -2.16. The Morgan fingerprint density at radius 1 is 1.64 bits per heavy atom. The summed E-state index contributed by atoms with van der Waals surface area (Å²) >= 11 is 0. The molecule has 0 aliphatic carbocycles. The van der Waals surface area contributed by atoms with E-state index in [1.54, 1.807) is 12.1 Å². The second kappa shape index (κ2) is 4.89. The van der Waals surface area contributed by atoms with E-state index in [2.05, 4.69) is 16.2 Å². The fraction of sp³-hybridized carbons (Fsp3) is 0.273. The van der Waals surface area contributed by atoms with Crippen molar-refractivity contribution in [1.82, 2.24) is 4.98 Å². The van der Waals surface area contributed by atoms with Gasteiger partial charge in [-0.15, -0.1) is 6.42 Å². The highest BCUT2D eigenvalue weighted by Crippen LogP contribution is 2.06. The van der Waals surface area contributed by atoms with Crippen LogP contribution in [0.4, 0.5) is 5.82 Å². The van der Waals surface area contributed by atoms with Gasteiger partial charge in [-0.3, -0.25) is 0 Å². The molecule has 0 aromatic carbocycles. The Morgan fingerprint density at radius 2 is 2.43 bits per heavy atom. The monoisotopic (exact) mass is 185 g/mol. The Hall–Kier alpha value is -2.00. The van der Waals surface area contributed by atoms with Crippen molar-refractivity contribution in [3.63, 3.8) is 0 Å². The van der Waals surface area contributed by atoms with Crippen LogP contribution in [-0.2, 0) is 0 Å². The topological polar surface area (TPSA) is 48.7 Å². The fourth-order valence-corrected chi connectivity index (χ4v) is 0.985. The summed E-state index contributed by atoms with van der Waals surface area (Å²) < 4.78 is 0. The number of anilines is 1. The minimum Gasteiger partial charge on any atom is -0.356 e. The van der Waals surface area contributed by atoms with Gasteiger partial charge in [0.15, 0.2) is 0 Å². The summed E-state index contributed by atoms with van der Waals surface area (Å²) in [6.07, 6.45) is 7.66. The molecule has 3 nitrogen and oxygen atoms in total. The number of rotatable bonds is 3. The summed E-state index contributed by atoms with van der Waals surface area (Å²) in [7, 11) is 0. The highest BCUT2D eigenvalue weighted by molar-refractivity contribution is 5.41. The first-order valence-corrected chi connectivity index (χ1v) is 4.39. The first kappa shape index (κ1) is 10.1. The van der Waals surface area contributed by atoms with Crippen molar-refractivity contribution in [2.45, 2.75) is 19.4 Å². The van der Waals surface area contributed by atoms with E-state index >= 15 is 0 Å². The molecule has 0 aliphatic rings. The lowest BCUT2D eigenvalue weighted by Gasteiger charge is -2.10. The van der Waals surface area contributed by atoms with E-state index < -0.39 is 0 Å². The maximum Gasteiger partial charge on any atom is 0.126 e. The predicted molar refractivity (Wildman–Crippen MR) is 55.5 cm³/mol. The highest BCUT2D eigenvalue weighted by atomic mass is 15.0. The van der Waals surface area contributed by atoms with Gasteiger partial charge in [-0.05, 0) is 18.6 Å². The van der Waals surface area contributed by atoms with Crippen molar-refractivity contribution in [3.05, 3.63) is 23.9 Å². The smallest absolute Gasteiger partial charge is 0.126 e. The Morgan fingerprint density at radius 3 is 2.86 bits per heavy atom. The maximum absolute atomic E-state index is 8.56. The molecule has 0 amide bonds. The quantitative estimate of drug-likeness (QED) is 0.730. The normalized spacial score (nSPS) is 11.1. The number of pyridine rings is 1. The van der Waals surface area contributed by atoms with Gasteiger partial charge in [0.1, 0.15) is 11.9 Å². The highest BCUT2D eigenvalue weighted by Gasteiger charge is 2.01. The number of hydrogen-bond acceptors (Lipinski definition) is 3. The van der Waals surface area contributed by atoms with Gasteiger partial charge in [0, 0.05) is 6.20 Å². The van der Waals surface area contributed by atoms with E-state index in [0.29, 0.717) is 11.4 Å². The van der Waals surface area contributed by atoms with E-state index in [4.69, 9.17) is 11.7 Å². The van der Waals surface area contributed by atoms with Crippen LogP contribution in [0, 0.1) is 23.7 Å². The average Bonchev–Trinajstić information content (AvgIpc) is 2.26. The van der Waals surface area contributed by atoms with Crippen LogP contribution >= 0.6 is 0 Å². The Labute approximate surface area is 83.8 Å². The van der Waals surface area contributed by atoms with Crippen LogP contribution in [0.3, 0.4) is 0 Å². The van der Waals surface area contributed by atoms with Gasteiger partial charge in [0.2, 0.25) is 0 Å². The zero-order chi connectivity index (χ0) is 10.4. The maximum atomic E-state index is 8.56. The van der Waals surface area contributed by atoms with E-state index in [0.717, 1.165) is 6.42 Å². The molecule has 14 heavy (non-hydrogen) atoms. The van der Waals surface area contributed by atoms with Crippen LogP contribution in [-0.4, -0.2) is 11.0 Å². The number of nitrogens with zero attached hydrogens (tertiary/aromatic N) is 2. The molecule has 1 aromatic rings. The molecule has 1 atom stereocenters. The molecule has 3 heteroatoms. The molecule has 1 unspecified atom stereocenters. The zero-order valence-corrected chi connectivity index (χ0v) is 7.99. The molecule has 0 saturated heterocycles. The number of nitrogens with one attached hydrogen (secondary N) is 1. The van der Waals surface area contributed by atoms with Gasteiger partial charge in [-0.1, -0.05) is 12.8 Å². The van der Waals surface area contributed by atoms with Gasteiger partial charge in [-0.25, -0.2) is 4.98 Å². The molecule has 0 spiro atoms. The Bertz CT molecular complexity index is 367. The van der Waals surface area contributed by atoms with E-state index in [1.807, 2.05) is 13.0 Å². The number of aromatic nitrogens is 1. The molecule has 0 saturated carbocycles. The summed E-state index contributed by atoms with van der Waals surface area (Å²) in [6.45, 7) is 2.00. The Balaban J connectivity index is 2.70. The number of hydrogen-bond donors (Lipinski definition) is 1. The van der Waals surface area contributed by atoms with Gasteiger partial charge in [-0.2, -0.15) is 5.26 Å². The van der Waals surface area contributed by atoms with Crippen LogP contribution < -0.4 is 5.32 Å². The first-order chi connectivity index (χ1) is 6.80. The van der Waals surface area contributed by atoms with Crippen molar-refractivity contribution in [2.24, 2.45) is 0 Å². The number of terminal acetylenes is 1. The minimum atomic E-state index is -0.00423. The molecular weight excluding hydrogens is 174 g/mol. The minimum absolute atomic E-state index is 0.00423. The largest absolute Gasteiger partial charge is 0.356 e. The molecule has 0 fully saturated rings. The van der Waals surface area contributed by atoms with Crippen molar-refractivity contribution >= 4 is 5.82 Å². The molecule has 0 radical (unpaired) electrons. The second-order valence-electron chi connectivity index (χ2n) is 2.82. The van der Waals surface area contributed by atoms with Gasteiger partial charge < -0.3 is 5.32 Å². The first-order valence-electron chi connectivity index (χ1n) is 4.39. The number of nitriles is 1. The third kappa shape index (κ3) is 2.50. The molecule has 1 aromatic heterocycles. The molecule has 0 aliphatic heterocycles. The summed E-state index contributed by atoms with van der Waals surface area (Å²) in [5, 5.41) is 11.6. The predicted octanol–water partition coefficient (Wildman–Crippen LogP) is 1.78. The van der Waals surface area contributed by atoms with Gasteiger partial charge >= 0.3 is 0 Å². The van der Waals surface area contributed by atoms with Crippen LogP contribution in [0.5, 0.6) is 0 Å². The summed E-state index contributed by atoms with van der Waals surface area (Å²) in [5.74, 6) is 3.32. The average molecular weight is 185 g/mol. The molecular formula is C11H11N3. The van der Waals surface area contributed by atoms with E-state index in [-0.39, 0.29) is 6.04 Å². The second-order valence-corrected chi connectivity index (χ2v) is 2.82. The van der Waals surface area contributed by atoms with Crippen molar-refractivity contribution in [3.8, 4) is 18.4 Å². The van der Waals surface area contributed by atoms with Gasteiger partial charge in [0.25, 0.3) is 0 Å². The van der Waals surface area contributed by atoms with E-state index in [1.165, 1.54) is 6.20 Å². The van der Waals surface area contributed by atoms with Crippen molar-refractivity contribution in [1.29, 1.82) is 5.26 Å². The lowest BCUT2D eigenvalue weighted by atomic mass is 10.2.